The fourth-order valence-corrected chi connectivity index (χ4v) is 4.02. The van der Waals surface area contributed by atoms with Crippen LogP contribution in [0.2, 0.25) is 0 Å². The summed E-state index contributed by atoms with van der Waals surface area (Å²) in [5.74, 6) is 0.602. The van der Waals surface area contributed by atoms with Gasteiger partial charge in [0, 0.05) is 12.7 Å². The monoisotopic (exact) mass is 321 g/mol. The Labute approximate surface area is 130 Å². The lowest BCUT2D eigenvalue weighted by Crippen LogP contribution is -2.42. The molecule has 2 heterocycles. The molecule has 2 aromatic rings. The molecule has 0 radical (unpaired) electrons. The van der Waals surface area contributed by atoms with E-state index in [0.29, 0.717) is 18.0 Å². The zero-order chi connectivity index (χ0) is 15.9. The van der Waals surface area contributed by atoms with Crippen LogP contribution in [0.3, 0.4) is 0 Å². The Morgan fingerprint density at radius 1 is 1.41 bits per heavy atom. The highest BCUT2D eigenvalue weighted by atomic mass is 32.2. The Kier molecular flexibility index (Phi) is 3.60. The minimum absolute atomic E-state index is 0.203. The van der Waals surface area contributed by atoms with Gasteiger partial charge in [0.2, 0.25) is 0 Å². The lowest BCUT2D eigenvalue weighted by molar-refractivity contribution is 0.219. The summed E-state index contributed by atoms with van der Waals surface area (Å²) in [6.07, 6.45) is 2.75. The topological polar surface area (TPSA) is 64.4 Å². The highest BCUT2D eigenvalue weighted by molar-refractivity contribution is 7.92. The summed E-state index contributed by atoms with van der Waals surface area (Å²) in [4.78, 5) is 0.204. The van der Waals surface area contributed by atoms with Crippen LogP contribution >= 0.6 is 0 Å². The minimum atomic E-state index is -3.64. The van der Waals surface area contributed by atoms with Crippen molar-refractivity contribution in [3.63, 3.8) is 0 Å². The molecular formula is C15H19N3O3S. The van der Waals surface area contributed by atoms with Crippen molar-refractivity contribution in [2.45, 2.75) is 38.3 Å². The summed E-state index contributed by atoms with van der Waals surface area (Å²) in [6, 6.07) is 5.54. The van der Waals surface area contributed by atoms with E-state index < -0.39 is 10.0 Å². The summed E-state index contributed by atoms with van der Waals surface area (Å²) >= 11 is 0. The highest BCUT2D eigenvalue weighted by Crippen LogP contribution is 2.37. The van der Waals surface area contributed by atoms with E-state index in [1.54, 1.807) is 16.9 Å². The van der Waals surface area contributed by atoms with Gasteiger partial charge in [-0.05, 0) is 38.5 Å². The Morgan fingerprint density at radius 2 is 2.18 bits per heavy atom. The molecule has 1 aromatic heterocycles. The van der Waals surface area contributed by atoms with Gasteiger partial charge in [0.1, 0.15) is 16.7 Å². The molecule has 118 valence electrons. The van der Waals surface area contributed by atoms with Crippen LogP contribution in [0, 0.1) is 6.92 Å². The number of hydrogen-bond acceptors (Lipinski definition) is 4. The third kappa shape index (κ3) is 2.45. The predicted octanol–water partition coefficient (Wildman–Crippen LogP) is 2.19. The third-order valence-corrected chi connectivity index (χ3v) is 5.39. The van der Waals surface area contributed by atoms with Crippen molar-refractivity contribution in [3.05, 3.63) is 36.2 Å². The van der Waals surface area contributed by atoms with Gasteiger partial charge >= 0.3 is 0 Å². The van der Waals surface area contributed by atoms with Gasteiger partial charge in [0.25, 0.3) is 10.0 Å². The molecule has 0 saturated carbocycles. The van der Waals surface area contributed by atoms with Crippen LogP contribution in [-0.2, 0) is 16.6 Å². The molecule has 1 aliphatic rings. The van der Waals surface area contributed by atoms with E-state index in [1.807, 2.05) is 32.9 Å². The molecule has 6 nitrogen and oxygen atoms in total. The molecule has 1 aliphatic heterocycles. The van der Waals surface area contributed by atoms with Crippen LogP contribution in [0.15, 0.2) is 35.5 Å². The van der Waals surface area contributed by atoms with Crippen LogP contribution in [0.4, 0.5) is 5.69 Å². The van der Waals surface area contributed by atoms with Crippen LogP contribution in [0.25, 0.3) is 0 Å². The lowest BCUT2D eigenvalue weighted by atomic mass is 10.2. The molecule has 0 aliphatic carbocycles. The molecule has 0 amide bonds. The fraction of sp³-hybridized carbons (Fsp3) is 0.400. The molecule has 7 heteroatoms. The number of benzene rings is 1. The minimum Gasteiger partial charge on any atom is -0.487 e. The number of rotatable bonds is 3. The van der Waals surface area contributed by atoms with Crippen LogP contribution in [-0.4, -0.2) is 30.8 Å². The van der Waals surface area contributed by atoms with Crippen molar-refractivity contribution < 1.29 is 13.2 Å². The Balaban J connectivity index is 2.08. The molecule has 22 heavy (non-hydrogen) atoms. The summed E-state index contributed by atoms with van der Waals surface area (Å²) in [6.45, 7) is 6.65. The maximum absolute atomic E-state index is 12.9. The van der Waals surface area contributed by atoms with Gasteiger partial charge in [0.15, 0.2) is 0 Å². The van der Waals surface area contributed by atoms with E-state index in [0.717, 1.165) is 5.56 Å². The standard InChI is InChI=1S/C15H19N3O3S/c1-4-17-10-13(8-16-17)22(19,20)18-9-12(3)21-15-7-11(2)5-6-14(15)18/h5-8,10,12H,4,9H2,1-3H3. The zero-order valence-electron chi connectivity index (χ0n) is 12.9. The third-order valence-electron chi connectivity index (χ3n) is 3.66. The zero-order valence-corrected chi connectivity index (χ0v) is 13.7. The second kappa shape index (κ2) is 5.31. The second-order valence-corrected chi connectivity index (χ2v) is 7.33. The van der Waals surface area contributed by atoms with Crippen molar-refractivity contribution in [3.8, 4) is 5.75 Å². The summed E-state index contributed by atoms with van der Waals surface area (Å²) in [5.41, 5.74) is 1.61. The van der Waals surface area contributed by atoms with E-state index in [4.69, 9.17) is 4.74 Å². The first kappa shape index (κ1) is 14.9. The molecule has 1 aromatic carbocycles. The van der Waals surface area contributed by atoms with E-state index >= 15 is 0 Å². The molecule has 3 rings (SSSR count). The SMILES string of the molecule is CCn1cc(S(=O)(=O)N2CC(C)Oc3cc(C)ccc32)cn1. The van der Waals surface area contributed by atoms with Gasteiger partial charge in [-0.25, -0.2) is 8.42 Å². The summed E-state index contributed by atoms with van der Waals surface area (Å²) in [7, 11) is -3.64. The first-order valence-corrected chi connectivity index (χ1v) is 8.68. The fourth-order valence-electron chi connectivity index (χ4n) is 2.51. The highest BCUT2D eigenvalue weighted by Gasteiger charge is 2.33. The molecule has 1 atom stereocenters. The number of nitrogens with zero attached hydrogens (tertiary/aromatic N) is 3. The van der Waals surface area contributed by atoms with E-state index in [1.165, 1.54) is 10.5 Å². The van der Waals surface area contributed by atoms with Gasteiger partial charge in [0.05, 0.1) is 18.4 Å². The largest absolute Gasteiger partial charge is 0.487 e. The second-order valence-electron chi connectivity index (χ2n) is 5.47. The van der Waals surface area contributed by atoms with Gasteiger partial charge in [-0.15, -0.1) is 0 Å². The first-order chi connectivity index (χ1) is 10.4. The number of fused-ring (bicyclic) bond motifs is 1. The van der Waals surface area contributed by atoms with E-state index in [-0.39, 0.29) is 17.5 Å². The van der Waals surface area contributed by atoms with E-state index in [9.17, 15) is 8.42 Å². The van der Waals surface area contributed by atoms with Crippen molar-refractivity contribution in [2.24, 2.45) is 0 Å². The van der Waals surface area contributed by atoms with E-state index in [2.05, 4.69) is 5.10 Å². The van der Waals surface area contributed by atoms with Crippen molar-refractivity contribution in [2.75, 3.05) is 10.8 Å². The summed E-state index contributed by atoms with van der Waals surface area (Å²) < 4.78 is 34.6. The number of hydrogen-bond donors (Lipinski definition) is 0. The van der Waals surface area contributed by atoms with Crippen molar-refractivity contribution >= 4 is 15.7 Å². The number of anilines is 1. The predicted molar refractivity (Wildman–Crippen MR) is 83.7 cm³/mol. The average Bonchev–Trinajstić information content (AvgIpc) is 2.95. The maximum Gasteiger partial charge on any atom is 0.267 e. The Hall–Kier alpha value is -2.02. The van der Waals surface area contributed by atoms with Gasteiger partial charge in [-0.1, -0.05) is 6.07 Å². The molecule has 1 unspecified atom stereocenters. The number of sulfonamides is 1. The van der Waals surface area contributed by atoms with Gasteiger partial charge in [-0.3, -0.25) is 8.99 Å². The molecule has 0 fully saturated rings. The lowest BCUT2D eigenvalue weighted by Gasteiger charge is -2.33. The Bertz CT molecular complexity index is 798. The molecule has 0 spiro atoms. The van der Waals surface area contributed by atoms with Gasteiger partial charge < -0.3 is 4.74 Å². The molecular weight excluding hydrogens is 302 g/mol. The van der Waals surface area contributed by atoms with Crippen LogP contribution in [0.5, 0.6) is 5.75 Å². The Morgan fingerprint density at radius 3 is 2.86 bits per heavy atom. The molecule has 0 bridgehead atoms. The number of aromatic nitrogens is 2. The number of aryl methyl sites for hydroxylation is 2. The first-order valence-electron chi connectivity index (χ1n) is 7.24. The van der Waals surface area contributed by atoms with Crippen LogP contribution < -0.4 is 9.04 Å². The average molecular weight is 321 g/mol. The van der Waals surface area contributed by atoms with Gasteiger partial charge in [-0.2, -0.15) is 5.10 Å². The maximum atomic E-state index is 12.9. The summed E-state index contributed by atoms with van der Waals surface area (Å²) in [5, 5.41) is 4.06. The van der Waals surface area contributed by atoms with Crippen molar-refractivity contribution in [1.29, 1.82) is 0 Å². The quantitative estimate of drug-likeness (QED) is 0.869. The van der Waals surface area contributed by atoms with Crippen molar-refractivity contribution in [1.82, 2.24) is 9.78 Å². The normalized spacial score (nSPS) is 18.0. The number of ether oxygens (including phenoxy) is 1. The smallest absolute Gasteiger partial charge is 0.267 e. The molecule has 0 saturated heterocycles. The molecule has 0 N–H and O–H groups in total. The van der Waals surface area contributed by atoms with Crippen LogP contribution in [0.1, 0.15) is 19.4 Å².